The van der Waals surface area contributed by atoms with E-state index in [0.29, 0.717) is 68.0 Å². The van der Waals surface area contributed by atoms with Crippen LogP contribution in [0, 0.1) is 0 Å². The molecule has 42 heavy (non-hydrogen) atoms. The second-order valence-corrected chi connectivity index (χ2v) is 10.5. The molecule has 0 saturated carbocycles. The Morgan fingerprint density at radius 1 is 1.17 bits per heavy atom. The number of hydrogen-bond acceptors (Lipinski definition) is 8. The van der Waals surface area contributed by atoms with Crippen molar-refractivity contribution in [3.05, 3.63) is 82.4 Å². The number of nitrogens with zero attached hydrogens (tertiary/aromatic N) is 3. The van der Waals surface area contributed by atoms with Crippen molar-refractivity contribution < 1.29 is 19.1 Å². The second kappa shape index (κ2) is 14.5. The molecular weight excluding hydrogens is 556 g/mol. The van der Waals surface area contributed by atoms with Crippen LogP contribution in [0.5, 0.6) is 5.75 Å². The van der Waals surface area contributed by atoms with E-state index < -0.39 is 5.72 Å². The number of amides is 2. The fourth-order valence-corrected chi connectivity index (χ4v) is 5.57. The molecule has 0 aliphatic carbocycles. The Bertz CT molecular complexity index is 1300. The number of carbonyl (C=O) groups is 2. The van der Waals surface area contributed by atoms with Crippen LogP contribution < -0.4 is 20.7 Å². The lowest BCUT2D eigenvalue weighted by Crippen LogP contribution is -2.56. The third-order valence-electron chi connectivity index (χ3n) is 7.43. The highest BCUT2D eigenvalue weighted by molar-refractivity contribution is 6.34. The van der Waals surface area contributed by atoms with Gasteiger partial charge < -0.3 is 35.2 Å². The monoisotopic (exact) mass is 596 g/mol. The number of hydrogen-bond donors (Lipinski definition) is 3. The lowest BCUT2D eigenvalue weighted by atomic mass is 9.97. The molecule has 0 radical (unpaired) electrons. The van der Waals surface area contributed by atoms with E-state index in [4.69, 9.17) is 21.1 Å². The topological polar surface area (TPSA) is 108 Å². The van der Waals surface area contributed by atoms with Crippen LogP contribution in [0.4, 0.5) is 0 Å². The van der Waals surface area contributed by atoms with Gasteiger partial charge in [0.1, 0.15) is 11.4 Å². The first kappa shape index (κ1) is 31.3. The van der Waals surface area contributed by atoms with Gasteiger partial charge >= 0.3 is 0 Å². The summed E-state index contributed by atoms with van der Waals surface area (Å²) in [5.41, 5.74) is 1.36. The van der Waals surface area contributed by atoms with Gasteiger partial charge in [0, 0.05) is 63.3 Å². The maximum atomic E-state index is 13.6. The summed E-state index contributed by atoms with van der Waals surface area (Å²) in [6.45, 7) is 9.45. The zero-order chi connectivity index (χ0) is 30.1. The zero-order valence-electron chi connectivity index (χ0n) is 24.8. The van der Waals surface area contributed by atoms with E-state index in [1.165, 1.54) is 0 Å². The quantitative estimate of drug-likeness (QED) is 0.321. The standard InChI is InChI=1S/C31H41ClN6O4/c1-5-23-21-37(30(40)25-11-10-24(41-6-2)19-26(25)32)17-18-38(23)27-12-13-31(42-7-3,22-9-8-14-34-20-22)36-28(27)29(39)35-16-15-33-4/h8-14,19-20,23,33,36H,5-7,15-18,21H2,1-4H3,(H,35,39)/t23-,31?/m1/s1. The first-order valence-corrected chi connectivity index (χ1v) is 14.9. The summed E-state index contributed by atoms with van der Waals surface area (Å²) in [7, 11) is 1.84. The Balaban J connectivity index is 1.62. The molecule has 4 rings (SSSR count). The number of benzene rings is 1. The number of carbonyl (C=O) groups excluding carboxylic acids is 2. The highest BCUT2D eigenvalue weighted by atomic mass is 35.5. The average molecular weight is 597 g/mol. The lowest BCUT2D eigenvalue weighted by Gasteiger charge is -2.45. The number of nitrogens with one attached hydrogen (secondary N) is 3. The molecule has 2 atom stereocenters. The minimum Gasteiger partial charge on any atom is -0.494 e. The number of aromatic nitrogens is 1. The van der Waals surface area contributed by atoms with Gasteiger partial charge in [-0.25, -0.2) is 0 Å². The summed E-state index contributed by atoms with van der Waals surface area (Å²) in [5, 5.41) is 9.87. The molecule has 3 N–H and O–H groups in total. The minimum absolute atomic E-state index is 0.0243. The molecule has 1 fully saturated rings. The van der Waals surface area contributed by atoms with E-state index >= 15 is 0 Å². The normalized spacial score (nSPS) is 20.4. The summed E-state index contributed by atoms with van der Waals surface area (Å²) < 4.78 is 11.7. The van der Waals surface area contributed by atoms with Crippen LogP contribution in [-0.4, -0.2) is 85.6 Å². The van der Waals surface area contributed by atoms with Crippen molar-refractivity contribution in [1.82, 2.24) is 30.7 Å². The predicted molar refractivity (Wildman–Crippen MR) is 163 cm³/mol. The summed E-state index contributed by atoms with van der Waals surface area (Å²) in [6.07, 6.45) is 8.11. The number of likely N-dealkylation sites (N-methyl/N-ethyl adjacent to an activating group) is 1. The molecule has 226 valence electrons. The number of piperazine rings is 1. The van der Waals surface area contributed by atoms with Crippen molar-refractivity contribution in [2.24, 2.45) is 0 Å². The van der Waals surface area contributed by atoms with Gasteiger partial charge in [0.15, 0.2) is 5.72 Å². The van der Waals surface area contributed by atoms with Crippen LogP contribution in [0.2, 0.25) is 5.02 Å². The Morgan fingerprint density at radius 3 is 2.67 bits per heavy atom. The summed E-state index contributed by atoms with van der Waals surface area (Å²) in [6, 6.07) is 8.92. The zero-order valence-corrected chi connectivity index (χ0v) is 25.5. The summed E-state index contributed by atoms with van der Waals surface area (Å²) >= 11 is 6.48. The Labute approximate surface area is 253 Å². The van der Waals surface area contributed by atoms with Gasteiger partial charge in [0.25, 0.3) is 11.8 Å². The van der Waals surface area contributed by atoms with E-state index in [-0.39, 0.29) is 17.9 Å². The molecule has 1 unspecified atom stereocenters. The highest BCUT2D eigenvalue weighted by Gasteiger charge is 2.40. The molecule has 0 bridgehead atoms. The van der Waals surface area contributed by atoms with Crippen molar-refractivity contribution in [3.63, 3.8) is 0 Å². The molecule has 2 aliphatic heterocycles. The minimum atomic E-state index is -1.05. The molecule has 10 nitrogen and oxygen atoms in total. The van der Waals surface area contributed by atoms with Crippen molar-refractivity contribution in [2.45, 2.75) is 39.0 Å². The molecule has 1 aromatic heterocycles. The first-order valence-electron chi connectivity index (χ1n) is 14.5. The Morgan fingerprint density at radius 2 is 2.00 bits per heavy atom. The molecule has 0 spiro atoms. The van der Waals surface area contributed by atoms with E-state index in [2.05, 4.69) is 32.8 Å². The fraction of sp³-hybridized carbons (Fsp3) is 0.452. The molecule has 3 heterocycles. The number of dihydropyridines is 1. The lowest BCUT2D eigenvalue weighted by molar-refractivity contribution is -0.119. The van der Waals surface area contributed by atoms with Gasteiger partial charge in [0.2, 0.25) is 0 Å². The van der Waals surface area contributed by atoms with Gasteiger partial charge in [-0.2, -0.15) is 0 Å². The largest absolute Gasteiger partial charge is 0.494 e. The first-order chi connectivity index (χ1) is 20.4. The van der Waals surface area contributed by atoms with Crippen LogP contribution in [0.1, 0.15) is 43.1 Å². The van der Waals surface area contributed by atoms with Crippen LogP contribution in [0.15, 0.2) is 66.3 Å². The summed E-state index contributed by atoms with van der Waals surface area (Å²) in [4.78, 5) is 35.5. The molecular formula is C31H41ClN6O4. The van der Waals surface area contributed by atoms with Gasteiger partial charge in [-0.3, -0.25) is 14.6 Å². The van der Waals surface area contributed by atoms with Gasteiger partial charge in [-0.1, -0.05) is 24.6 Å². The van der Waals surface area contributed by atoms with Crippen molar-refractivity contribution in [1.29, 1.82) is 0 Å². The second-order valence-electron chi connectivity index (χ2n) is 10.1. The van der Waals surface area contributed by atoms with Gasteiger partial charge in [-0.15, -0.1) is 0 Å². The molecule has 11 heteroatoms. The third kappa shape index (κ3) is 6.88. The van der Waals surface area contributed by atoms with Gasteiger partial charge in [0.05, 0.1) is 22.9 Å². The van der Waals surface area contributed by atoms with E-state index in [0.717, 1.165) is 17.7 Å². The average Bonchev–Trinajstić information content (AvgIpc) is 3.01. The molecule has 2 aliphatic rings. The van der Waals surface area contributed by atoms with E-state index in [1.54, 1.807) is 30.6 Å². The predicted octanol–water partition coefficient (Wildman–Crippen LogP) is 3.27. The maximum Gasteiger partial charge on any atom is 0.269 e. The number of allylic oxidation sites excluding steroid dienone is 1. The van der Waals surface area contributed by atoms with Crippen molar-refractivity contribution >= 4 is 23.4 Å². The molecule has 1 saturated heterocycles. The number of rotatable bonds is 12. The van der Waals surface area contributed by atoms with Crippen LogP contribution in [0.25, 0.3) is 0 Å². The van der Waals surface area contributed by atoms with Crippen LogP contribution >= 0.6 is 11.6 Å². The number of ether oxygens (including phenoxy) is 2. The highest BCUT2D eigenvalue weighted by Crippen LogP contribution is 2.33. The SMILES string of the molecule is CCOc1ccc(C(=O)N2CCN(C3=C(C(=O)NCCNC)NC(OCC)(c4cccnc4)C=C3)[C@H](CC)C2)c(Cl)c1. The van der Waals surface area contributed by atoms with E-state index in [1.807, 2.05) is 50.1 Å². The van der Waals surface area contributed by atoms with E-state index in [9.17, 15) is 9.59 Å². The van der Waals surface area contributed by atoms with Crippen molar-refractivity contribution in [2.75, 3.05) is 53.0 Å². The molecule has 1 aromatic carbocycles. The molecule has 2 aromatic rings. The fourth-order valence-electron chi connectivity index (χ4n) is 5.32. The van der Waals surface area contributed by atoms with Gasteiger partial charge in [-0.05, 0) is 63.7 Å². The van der Waals surface area contributed by atoms with Crippen LogP contribution in [-0.2, 0) is 15.3 Å². The Kier molecular flexibility index (Phi) is 10.8. The van der Waals surface area contributed by atoms with Crippen LogP contribution in [0.3, 0.4) is 0 Å². The Hall–Kier alpha value is -3.60. The molecule has 2 amide bonds. The number of pyridine rings is 1. The number of halogens is 1. The smallest absolute Gasteiger partial charge is 0.269 e. The summed E-state index contributed by atoms with van der Waals surface area (Å²) in [5.74, 6) is 0.283. The van der Waals surface area contributed by atoms with Crippen molar-refractivity contribution in [3.8, 4) is 5.75 Å². The maximum absolute atomic E-state index is 13.6. The third-order valence-corrected chi connectivity index (χ3v) is 7.74.